The SMILES string of the molecule is NC(=S)c1ccc(NS(=O)(=O)c2cccc(F)c2)cc1. The fourth-order valence-electron chi connectivity index (χ4n) is 1.55. The highest BCUT2D eigenvalue weighted by atomic mass is 32.2. The zero-order chi connectivity index (χ0) is 14.8. The summed E-state index contributed by atoms with van der Waals surface area (Å²) in [5.41, 5.74) is 6.42. The second-order valence-electron chi connectivity index (χ2n) is 4.00. The van der Waals surface area contributed by atoms with Crippen molar-refractivity contribution in [3.63, 3.8) is 0 Å². The highest BCUT2D eigenvalue weighted by Crippen LogP contribution is 2.17. The zero-order valence-corrected chi connectivity index (χ0v) is 11.8. The fourth-order valence-corrected chi connectivity index (χ4v) is 2.78. The van der Waals surface area contributed by atoms with Crippen molar-refractivity contribution >= 4 is 32.9 Å². The van der Waals surface area contributed by atoms with Gasteiger partial charge in [-0.1, -0.05) is 18.3 Å². The maximum absolute atomic E-state index is 13.1. The summed E-state index contributed by atoms with van der Waals surface area (Å²) in [6.07, 6.45) is 0. The molecule has 0 aliphatic carbocycles. The Kier molecular flexibility index (Phi) is 4.01. The molecule has 0 spiro atoms. The molecule has 0 saturated heterocycles. The van der Waals surface area contributed by atoms with Crippen LogP contribution in [0.15, 0.2) is 53.4 Å². The third kappa shape index (κ3) is 3.31. The second kappa shape index (κ2) is 5.56. The molecule has 0 fully saturated rings. The molecule has 0 radical (unpaired) electrons. The smallest absolute Gasteiger partial charge is 0.261 e. The van der Waals surface area contributed by atoms with E-state index < -0.39 is 15.8 Å². The summed E-state index contributed by atoms with van der Waals surface area (Å²) < 4.78 is 39.5. The van der Waals surface area contributed by atoms with Crippen LogP contribution in [0.5, 0.6) is 0 Å². The maximum atomic E-state index is 13.1. The molecule has 0 bridgehead atoms. The van der Waals surface area contributed by atoms with Crippen LogP contribution < -0.4 is 10.5 Å². The Morgan fingerprint density at radius 1 is 1.15 bits per heavy atom. The van der Waals surface area contributed by atoms with Gasteiger partial charge in [0.25, 0.3) is 10.0 Å². The third-order valence-electron chi connectivity index (χ3n) is 2.53. The average molecular weight is 310 g/mol. The van der Waals surface area contributed by atoms with Gasteiger partial charge in [-0.2, -0.15) is 0 Å². The molecule has 104 valence electrons. The summed E-state index contributed by atoms with van der Waals surface area (Å²) in [6.45, 7) is 0. The Balaban J connectivity index is 2.26. The summed E-state index contributed by atoms with van der Waals surface area (Å²) in [4.78, 5) is 0.0838. The van der Waals surface area contributed by atoms with Gasteiger partial charge in [-0.3, -0.25) is 4.72 Å². The van der Waals surface area contributed by atoms with Gasteiger partial charge in [0, 0.05) is 11.3 Å². The van der Waals surface area contributed by atoms with E-state index in [0.717, 1.165) is 6.07 Å². The molecule has 0 aliphatic heterocycles. The molecule has 2 rings (SSSR count). The Morgan fingerprint density at radius 3 is 2.35 bits per heavy atom. The van der Waals surface area contributed by atoms with E-state index in [4.69, 9.17) is 18.0 Å². The second-order valence-corrected chi connectivity index (χ2v) is 6.13. The van der Waals surface area contributed by atoms with Crippen molar-refractivity contribution in [2.24, 2.45) is 5.73 Å². The minimum atomic E-state index is -3.82. The van der Waals surface area contributed by atoms with E-state index in [9.17, 15) is 12.8 Å². The minimum absolute atomic E-state index is 0.143. The van der Waals surface area contributed by atoms with Gasteiger partial charge >= 0.3 is 0 Å². The van der Waals surface area contributed by atoms with Crippen molar-refractivity contribution in [2.75, 3.05) is 4.72 Å². The molecule has 2 aromatic rings. The largest absolute Gasteiger partial charge is 0.389 e. The van der Waals surface area contributed by atoms with E-state index in [-0.39, 0.29) is 9.88 Å². The normalized spacial score (nSPS) is 11.1. The first kappa shape index (κ1) is 14.4. The van der Waals surface area contributed by atoms with Gasteiger partial charge in [-0.05, 0) is 42.5 Å². The molecular formula is C13H11FN2O2S2. The monoisotopic (exact) mass is 310 g/mol. The molecule has 0 aromatic heterocycles. The van der Waals surface area contributed by atoms with Crippen molar-refractivity contribution in [3.05, 3.63) is 59.9 Å². The van der Waals surface area contributed by atoms with Crippen LogP contribution in [0.4, 0.5) is 10.1 Å². The first-order valence-electron chi connectivity index (χ1n) is 5.57. The van der Waals surface area contributed by atoms with Crippen molar-refractivity contribution in [1.82, 2.24) is 0 Å². The minimum Gasteiger partial charge on any atom is -0.389 e. The summed E-state index contributed by atoms with van der Waals surface area (Å²) >= 11 is 4.80. The Morgan fingerprint density at radius 2 is 1.80 bits per heavy atom. The predicted molar refractivity (Wildman–Crippen MR) is 79.5 cm³/mol. The van der Waals surface area contributed by atoms with Crippen molar-refractivity contribution in [1.29, 1.82) is 0 Å². The molecule has 20 heavy (non-hydrogen) atoms. The highest BCUT2D eigenvalue weighted by Gasteiger charge is 2.14. The van der Waals surface area contributed by atoms with E-state index in [1.807, 2.05) is 0 Å². The van der Waals surface area contributed by atoms with E-state index in [1.54, 1.807) is 12.1 Å². The predicted octanol–water partition coefficient (Wildman–Crippen LogP) is 2.26. The average Bonchev–Trinajstić information content (AvgIpc) is 2.39. The van der Waals surface area contributed by atoms with Crippen LogP contribution in [0, 0.1) is 5.82 Å². The first-order chi connectivity index (χ1) is 9.38. The van der Waals surface area contributed by atoms with E-state index in [2.05, 4.69) is 4.72 Å². The Labute approximate surface area is 121 Å². The number of benzene rings is 2. The van der Waals surface area contributed by atoms with E-state index in [1.165, 1.54) is 30.3 Å². The Hall–Kier alpha value is -1.99. The lowest BCUT2D eigenvalue weighted by Gasteiger charge is -2.08. The van der Waals surface area contributed by atoms with Crippen LogP contribution in [0.1, 0.15) is 5.56 Å². The fraction of sp³-hybridized carbons (Fsp3) is 0. The maximum Gasteiger partial charge on any atom is 0.261 e. The number of rotatable bonds is 4. The van der Waals surface area contributed by atoms with Crippen molar-refractivity contribution in [3.8, 4) is 0 Å². The number of halogens is 1. The van der Waals surface area contributed by atoms with Gasteiger partial charge in [0.05, 0.1) is 4.90 Å². The summed E-state index contributed by atoms with van der Waals surface area (Å²) in [7, 11) is -3.82. The molecule has 0 atom stereocenters. The number of sulfonamides is 1. The quantitative estimate of drug-likeness (QED) is 0.850. The summed E-state index contributed by atoms with van der Waals surface area (Å²) in [6, 6.07) is 11.0. The van der Waals surface area contributed by atoms with Crippen LogP contribution in [0.25, 0.3) is 0 Å². The van der Waals surface area contributed by atoms with Gasteiger partial charge < -0.3 is 5.73 Å². The molecule has 4 nitrogen and oxygen atoms in total. The molecular weight excluding hydrogens is 299 g/mol. The Bertz CT molecular complexity index is 743. The molecule has 0 saturated carbocycles. The summed E-state index contributed by atoms with van der Waals surface area (Å²) in [5, 5.41) is 0. The number of hydrogen-bond donors (Lipinski definition) is 2. The van der Waals surface area contributed by atoms with E-state index in [0.29, 0.717) is 11.3 Å². The third-order valence-corrected chi connectivity index (χ3v) is 4.14. The number of thiocarbonyl (C=S) groups is 1. The van der Waals surface area contributed by atoms with E-state index >= 15 is 0 Å². The lowest BCUT2D eigenvalue weighted by molar-refractivity contribution is 0.595. The number of nitrogens with two attached hydrogens (primary N) is 1. The molecule has 0 heterocycles. The van der Waals surface area contributed by atoms with Crippen molar-refractivity contribution < 1.29 is 12.8 Å². The standard InChI is InChI=1S/C13H11FN2O2S2/c14-10-2-1-3-12(8-10)20(17,18)16-11-6-4-9(5-7-11)13(15)19/h1-8,16H,(H2,15,19). The molecule has 2 aromatic carbocycles. The number of nitrogens with one attached hydrogen (secondary N) is 1. The van der Waals surface area contributed by atoms with Crippen LogP contribution in [0.3, 0.4) is 0 Å². The molecule has 7 heteroatoms. The van der Waals surface area contributed by atoms with Gasteiger partial charge in [0.15, 0.2) is 0 Å². The lowest BCUT2D eigenvalue weighted by Crippen LogP contribution is -2.14. The number of hydrogen-bond acceptors (Lipinski definition) is 3. The lowest BCUT2D eigenvalue weighted by atomic mass is 10.2. The zero-order valence-electron chi connectivity index (χ0n) is 10.2. The molecule has 0 amide bonds. The van der Waals surface area contributed by atoms with Gasteiger partial charge in [-0.15, -0.1) is 0 Å². The van der Waals surface area contributed by atoms with Gasteiger partial charge in [0.2, 0.25) is 0 Å². The van der Waals surface area contributed by atoms with Gasteiger partial charge in [0.1, 0.15) is 10.8 Å². The van der Waals surface area contributed by atoms with Crippen LogP contribution >= 0.6 is 12.2 Å². The van der Waals surface area contributed by atoms with Crippen LogP contribution in [-0.4, -0.2) is 13.4 Å². The van der Waals surface area contributed by atoms with Crippen molar-refractivity contribution in [2.45, 2.75) is 4.90 Å². The molecule has 0 aliphatic rings. The van der Waals surface area contributed by atoms with Crippen LogP contribution in [0.2, 0.25) is 0 Å². The molecule has 0 unspecified atom stereocenters. The van der Waals surface area contributed by atoms with Gasteiger partial charge in [-0.25, -0.2) is 12.8 Å². The van der Waals surface area contributed by atoms with Crippen LogP contribution in [-0.2, 0) is 10.0 Å². The first-order valence-corrected chi connectivity index (χ1v) is 7.46. The summed E-state index contributed by atoms with van der Waals surface area (Å²) in [5.74, 6) is -0.614. The molecule has 3 N–H and O–H groups in total. The number of anilines is 1. The topological polar surface area (TPSA) is 72.2 Å². The highest BCUT2D eigenvalue weighted by molar-refractivity contribution is 7.92.